The molecular formula is C20H19FN2O2. The van der Waals surface area contributed by atoms with Gasteiger partial charge in [0.15, 0.2) is 0 Å². The van der Waals surface area contributed by atoms with E-state index >= 15 is 0 Å². The Labute approximate surface area is 146 Å². The van der Waals surface area contributed by atoms with Gasteiger partial charge in [-0.15, -0.1) is 0 Å². The van der Waals surface area contributed by atoms with Crippen LogP contribution < -0.4 is 10.1 Å². The number of amides is 1. The van der Waals surface area contributed by atoms with Gasteiger partial charge in [0.1, 0.15) is 29.8 Å². The van der Waals surface area contributed by atoms with E-state index in [2.05, 4.69) is 5.32 Å². The number of carbonyl (C=O) groups is 1. The summed E-state index contributed by atoms with van der Waals surface area (Å²) in [7, 11) is 0. The molecule has 0 saturated heterocycles. The highest BCUT2D eigenvalue weighted by atomic mass is 19.1. The lowest BCUT2D eigenvalue weighted by Crippen LogP contribution is -2.30. The third-order valence-electron chi connectivity index (χ3n) is 3.34. The molecule has 2 rings (SSSR count). The molecule has 0 aliphatic carbocycles. The summed E-state index contributed by atoms with van der Waals surface area (Å²) in [6, 6.07) is 15.2. The number of ether oxygens (including phenoxy) is 1. The van der Waals surface area contributed by atoms with Crippen LogP contribution in [0.3, 0.4) is 0 Å². The number of rotatable bonds is 6. The lowest BCUT2D eigenvalue weighted by molar-refractivity contribution is -0.117. The highest BCUT2D eigenvalue weighted by molar-refractivity contribution is 6.02. The third kappa shape index (κ3) is 5.18. The van der Waals surface area contributed by atoms with Crippen LogP contribution in [0.4, 0.5) is 4.39 Å². The van der Waals surface area contributed by atoms with E-state index in [0.29, 0.717) is 16.9 Å². The summed E-state index contributed by atoms with van der Waals surface area (Å²) in [6.07, 6.45) is 1.47. The SMILES string of the molecule is CC(C)NC(=O)/C(C#N)=C\c1ccccc1OCc1ccccc1F. The predicted molar refractivity (Wildman–Crippen MR) is 94.0 cm³/mol. The summed E-state index contributed by atoms with van der Waals surface area (Å²) in [6.45, 7) is 3.69. The number of para-hydroxylation sites is 1. The van der Waals surface area contributed by atoms with E-state index in [-0.39, 0.29) is 24.0 Å². The first-order chi connectivity index (χ1) is 12.0. The lowest BCUT2D eigenvalue weighted by atomic mass is 10.1. The van der Waals surface area contributed by atoms with Gasteiger partial charge in [0.2, 0.25) is 0 Å². The van der Waals surface area contributed by atoms with Crippen molar-refractivity contribution < 1.29 is 13.9 Å². The molecule has 0 spiro atoms. The number of nitrogens with zero attached hydrogens (tertiary/aromatic N) is 1. The Morgan fingerprint density at radius 3 is 2.60 bits per heavy atom. The van der Waals surface area contributed by atoms with Gasteiger partial charge < -0.3 is 10.1 Å². The normalized spacial score (nSPS) is 11.1. The number of halogens is 1. The van der Waals surface area contributed by atoms with Gasteiger partial charge in [-0.1, -0.05) is 36.4 Å². The van der Waals surface area contributed by atoms with Crippen molar-refractivity contribution >= 4 is 12.0 Å². The van der Waals surface area contributed by atoms with E-state index in [1.54, 1.807) is 42.5 Å². The Bertz CT molecular complexity index is 822. The molecule has 2 aromatic rings. The fraction of sp³-hybridized carbons (Fsp3) is 0.200. The molecule has 0 unspecified atom stereocenters. The first-order valence-electron chi connectivity index (χ1n) is 7.89. The van der Waals surface area contributed by atoms with E-state index < -0.39 is 5.91 Å². The molecule has 0 bridgehead atoms. The van der Waals surface area contributed by atoms with Gasteiger partial charge in [0, 0.05) is 17.2 Å². The second-order valence-electron chi connectivity index (χ2n) is 5.72. The van der Waals surface area contributed by atoms with E-state index in [4.69, 9.17) is 4.74 Å². The maximum absolute atomic E-state index is 13.7. The first-order valence-corrected chi connectivity index (χ1v) is 7.89. The van der Waals surface area contributed by atoms with Crippen molar-refractivity contribution in [3.8, 4) is 11.8 Å². The summed E-state index contributed by atoms with van der Waals surface area (Å²) >= 11 is 0. The molecule has 0 heterocycles. The number of nitriles is 1. The molecule has 0 aliphatic heterocycles. The summed E-state index contributed by atoms with van der Waals surface area (Å²) in [5.41, 5.74) is 0.990. The maximum Gasteiger partial charge on any atom is 0.262 e. The molecular weight excluding hydrogens is 319 g/mol. The predicted octanol–water partition coefficient (Wildman–Crippen LogP) is 3.84. The standard InChI is InChI=1S/C20H19FN2O2/c1-14(2)23-20(24)17(12-22)11-15-7-4-6-10-19(15)25-13-16-8-3-5-9-18(16)21/h3-11,14H,13H2,1-2H3,(H,23,24)/b17-11-. The minimum atomic E-state index is -0.443. The van der Waals surface area contributed by atoms with E-state index in [1.807, 2.05) is 19.9 Å². The number of benzene rings is 2. The van der Waals surface area contributed by atoms with E-state index in [0.717, 1.165) is 0 Å². The smallest absolute Gasteiger partial charge is 0.262 e. The fourth-order valence-corrected chi connectivity index (χ4v) is 2.15. The molecule has 0 fully saturated rings. The van der Waals surface area contributed by atoms with Gasteiger partial charge >= 0.3 is 0 Å². The Kier molecular flexibility index (Phi) is 6.30. The molecule has 1 N–H and O–H groups in total. The van der Waals surface area contributed by atoms with Crippen LogP contribution in [0.25, 0.3) is 6.08 Å². The van der Waals surface area contributed by atoms with E-state index in [9.17, 15) is 14.4 Å². The molecule has 0 radical (unpaired) electrons. The van der Waals surface area contributed by atoms with Crippen LogP contribution in [-0.2, 0) is 11.4 Å². The largest absolute Gasteiger partial charge is 0.488 e. The third-order valence-corrected chi connectivity index (χ3v) is 3.34. The Morgan fingerprint density at radius 1 is 1.24 bits per heavy atom. The summed E-state index contributed by atoms with van der Waals surface area (Å²) < 4.78 is 19.4. The van der Waals surface area contributed by atoms with Gasteiger partial charge in [-0.3, -0.25) is 4.79 Å². The topological polar surface area (TPSA) is 62.1 Å². The molecule has 5 heteroatoms. The minimum Gasteiger partial charge on any atom is -0.488 e. The van der Waals surface area contributed by atoms with Crippen molar-refractivity contribution in [1.82, 2.24) is 5.32 Å². The van der Waals surface area contributed by atoms with Crippen molar-refractivity contribution in [1.29, 1.82) is 5.26 Å². The Hall–Kier alpha value is -3.13. The molecule has 128 valence electrons. The van der Waals surface area contributed by atoms with Crippen LogP contribution in [-0.4, -0.2) is 11.9 Å². The maximum atomic E-state index is 13.7. The average Bonchev–Trinajstić information content (AvgIpc) is 2.59. The number of hydrogen-bond donors (Lipinski definition) is 1. The monoisotopic (exact) mass is 338 g/mol. The van der Waals surface area contributed by atoms with Crippen LogP contribution >= 0.6 is 0 Å². The average molecular weight is 338 g/mol. The second-order valence-corrected chi connectivity index (χ2v) is 5.72. The second kappa shape index (κ2) is 8.65. The molecule has 0 saturated carbocycles. The quantitative estimate of drug-likeness (QED) is 0.643. The van der Waals surface area contributed by atoms with Crippen molar-refractivity contribution in [3.63, 3.8) is 0 Å². The summed E-state index contributed by atoms with van der Waals surface area (Å²) in [5, 5.41) is 11.9. The van der Waals surface area contributed by atoms with Crippen molar-refractivity contribution in [3.05, 3.63) is 71.0 Å². The van der Waals surface area contributed by atoms with Crippen molar-refractivity contribution in [2.75, 3.05) is 0 Å². The first kappa shape index (κ1) is 18.2. The van der Waals surface area contributed by atoms with Crippen LogP contribution in [0, 0.1) is 17.1 Å². The molecule has 0 aromatic heterocycles. The highest BCUT2D eigenvalue weighted by Crippen LogP contribution is 2.22. The van der Waals surface area contributed by atoms with Crippen LogP contribution in [0.2, 0.25) is 0 Å². The fourth-order valence-electron chi connectivity index (χ4n) is 2.15. The molecule has 2 aromatic carbocycles. The lowest BCUT2D eigenvalue weighted by Gasteiger charge is -2.11. The molecule has 25 heavy (non-hydrogen) atoms. The molecule has 1 amide bonds. The van der Waals surface area contributed by atoms with Crippen molar-refractivity contribution in [2.45, 2.75) is 26.5 Å². The Morgan fingerprint density at radius 2 is 1.92 bits per heavy atom. The zero-order valence-corrected chi connectivity index (χ0v) is 14.1. The number of carbonyl (C=O) groups excluding carboxylic acids is 1. The minimum absolute atomic E-state index is 0.0179. The number of hydrogen-bond acceptors (Lipinski definition) is 3. The van der Waals surface area contributed by atoms with Gasteiger partial charge in [0.25, 0.3) is 5.91 Å². The zero-order chi connectivity index (χ0) is 18.2. The molecule has 0 atom stereocenters. The van der Waals surface area contributed by atoms with Gasteiger partial charge in [-0.2, -0.15) is 5.26 Å². The van der Waals surface area contributed by atoms with E-state index in [1.165, 1.54) is 12.1 Å². The molecule has 0 aliphatic rings. The summed E-state index contributed by atoms with van der Waals surface area (Å²) in [5.74, 6) is -0.318. The zero-order valence-electron chi connectivity index (χ0n) is 14.1. The van der Waals surface area contributed by atoms with Crippen LogP contribution in [0.5, 0.6) is 5.75 Å². The Balaban J connectivity index is 2.22. The van der Waals surface area contributed by atoms with Gasteiger partial charge in [-0.25, -0.2) is 4.39 Å². The highest BCUT2D eigenvalue weighted by Gasteiger charge is 2.12. The van der Waals surface area contributed by atoms with Gasteiger partial charge in [-0.05, 0) is 32.1 Å². The van der Waals surface area contributed by atoms with Crippen LogP contribution in [0.15, 0.2) is 54.1 Å². The van der Waals surface area contributed by atoms with Gasteiger partial charge in [0.05, 0.1) is 0 Å². The molecule has 4 nitrogen and oxygen atoms in total. The van der Waals surface area contributed by atoms with Crippen molar-refractivity contribution in [2.24, 2.45) is 0 Å². The van der Waals surface area contributed by atoms with Crippen LogP contribution in [0.1, 0.15) is 25.0 Å². The summed E-state index contributed by atoms with van der Waals surface area (Å²) in [4.78, 5) is 12.0. The number of nitrogens with one attached hydrogen (secondary N) is 1.